The van der Waals surface area contributed by atoms with Crippen molar-refractivity contribution in [3.05, 3.63) is 58.8 Å². The Morgan fingerprint density at radius 3 is 2.04 bits per heavy atom. The van der Waals surface area contributed by atoms with E-state index in [0.29, 0.717) is 0 Å². The van der Waals surface area contributed by atoms with E-state index in [-0.39, 0.29) is 6.04 Å². The molecule has 0 aliphatic rings. The van der Waals surface area contributed by atoms with Crippen LogP contribution in [0, 0.1) is 0 Å². The van der Waals surface area contributed by atoms with Crippen molar-refractivity contribution in [3.63, 3.8) is 0 Å². The van der Waals surface area contributed by atoms with Gasteiger partial charge in [-0.2, -0.15) is 0 Å². The maximum absolute atomic E-state index is 6.09. The van der Waals surface area contributed by atoms with E-state index in [4.69, 9.17) is 5.73 Å². The third-order valence-electron chi connectivity index (χ3n) is 3.63. The van der Waals surface area contributed by atoms with Crippen molar-refractivity contribution in [2.24, 2.45) is 5.73 Å². The van der Waals surface area contributed by atoms with Gasteiger partial charge in [0.1, 0.15) is 0 Å². The van der Waals surface area contributed by atoms with Crippen LogP contribution in [0.5, 0.6) is 0 Å². The third-order valence-corrected chi connectivity index (χ3v) is 8.17. The zero-order valence-corrected chi connectivity index (χ0v) is 15.7. The zero-order chi connectivity index (χ0) is 15.8. The highest BCUT2D eigenvalue weighted by molar-refractivity contribution is 7.28. The summed E-state index contributed by atoms with van der Waals surface area (Å²) in [5, 5.41) is 4.26. The number of rotatable bonds is 4. The van der Waals surface area contributed by atoms with E-state index in [0.717, 1.165) is 0 Å². The van der Waals surface area contributed by atoms with Crippen molar-refractivity contribution >= 4 is 45.3 Å². The van der Waals surface area contributed by atoms with E-state index in [9.17, 15) is 0 Å². The SMILES string of the molecule is CC(N)c1ccsc1-c1ccc(-c2ccc(-c3cccs3)s2)s1. The molecular formula is C18H15NS4. The smallest absolute Gasteiger partial charge is 0.0490 e. The normalized spacial score (nSPS) is 12.6. The Morgan fingerprint density at radius 1 is 0.739 bits per heavy atom. The largest absolute Gasteiger partial charge is 0.324 e. The summed E-state index contributed by atoms with van der Waals surface area (Å²) < 4.78 is 0. The number of nitrogens with two attached hydrogens (primary N) is 1. The van der Waals surface area contributed by atoms with Crippen LogP contribution in [-0.2, 0) is 0 Å². The van der Waals surface area contributed by atoms with Gasteiger partial charge in [-0.15, -0.1) is 45.3 Å². The lowest BCUT2D eigenvalue weighted by Crippen LogP contribution is -2.04. The van der Waals surface area contributed by atoms with Crippen molar-refractivity contribution in [1.82, 2.24) is 0 Å². The lowest BCUT2D eigenvalue weighted by Gasteiger charge is -2.04. The van der Waals surface area contributed by atoms with E-state index in [2.05, 4.69) is 53.2 Å². The minimum absolute atomic E-state index is 0.0777. The summed E-state index contributed by atoms with van der Waals surface area (Å²) in [5.74, 6) is 0. The summed E-state index contributed by atoms with van der Waals surface area (Å²) in [5.41, 5.74) is 7.33. The first-order chi connectivity index (χ1) is 11.2. The molecule has 0 amide bonds. The van der Waals surface area contributed by atoms with E-state index in [1.165, 1.54) is 34.8 Å². The van der Waals surface area contributed by atoms with Gasteiger partial charge >= 0.3 is 0 Å². The molecular weight excluding hydrogens is 358 g/mol. The standard InChI is InChI=1S/C18H15NS4/c1-11(19)12-8-10-21-18(12)17-7-6-16(23-17)15-5-4-14(22-15)13-3-2-9-20-13/h2-11H,19H2,1H3. The Labute approximate surface area is 151 Å². The van der Waals surface area contributed by atoms with Crippen LogP contribution in [0.25, 0.3) is 29.3 Å². The quantitative estimate of drug-likeness (QED) is 0.411. The van der Waals surface area contributed by atoms with Gasteiger partial charge in [0.05, 0.1) is 0 Å². The highest BCUT2D eigenvalue weighted by atomic mass is 32.1. The highest BCUT2D eigenvalue weighted by Crippen LogP contribution is 2.43. The first kappa shape index (κ1) is 15.3. The Balaban J connectivity index is 1.67. The molecule has 1 atom stereocenters. The first-order valence-corrected chi connectivity index (χ1v) is 10.7. The van der Waals surface area contributed by atoms with Crippen LogP contribution in [0.15, 0.2) is 53.2 Å². The number of hydrogen-bond donors (Lipinski definition) is 1. The van der Waals surface area contributed by atoms with Crippen LogP contribution in [0.2, 0.25) is 0 Å². The predicted octanol–water partition coefficient (Wildman–Crippen LogP) is 6.95. The van der Waals surface area contributed by atoms with Crippen molar-refractivity contribution in [2.45, 2.75) is 13.0 Å². The molecule has 0 fully saturated rings. The van der Waals surface area contributed by atoms with Crippen LogP contribution < -0.4 is 5.73 Å². The van der Waals surface area contributed by atoms with Crippen molar-refractivity contribution in [3.8, 4) is 29.3 Å². The number of thiophene rings is 4. The molecule has 4 aromatic heterocycles. The van der Waals surface area contributed by atoms with Crippen molar-refractivity contribution < 1.29 is 0 Å². The fourth-order valence-corrected chi connectivity index (χ4v) is 6.59. The van der Waals surface area contributed by atoms with Gasteiger partial charge in [-0.05, 0) is 59.6 Å². The van der Waals surface area contributed by atoms with Crippen LogP contribution in [0.4, 0.5) is 0 Å². The monoisotopic (exact) mass is 373 g/mol. The molecule has 23 heavy (non-hydrogen) atoms. The molecule has 1 nitrogen and oxygen atoms in total. The minimum atomic E-state index is 0.0777. The summed E-state index contributed by atoms with van der Waals surface area (Å²) >= 11 is 7.29. The fraction of sp³-hybridized carbons (Fsp3) is 0.111. The molecule has 4 heterocycles. The molecule has 0 radical (unpaired) electrons. The van der Waals surface area contributed by atoms with E-state index in [1.807, 2.05) is 29.6 Å². The Bertz CT molecular complexity index is 909. The summed E-state index contributed by atoms with van der Waals surface area (Å²) in [6.45, 7) is 2.05. The second-order valence-corrected chi connectivity index (χ2v) is 9.33. The molecule has 0 spiro atoms. The molecule has 4 rings (SSSR count). The van der Waals surface area contributed by atoms with E-state index < -0.39 is 0 Å². The van der Waals surface area contributed by atoms with Gasteiger partial charge < -0.3 is 5.73 Å². The van der Waals surface area contributed by atoms with Crippen LogP contribution in [0.3, 0.4) is 0 Å². The van der Waals surface area contributed by atoms with Gasteiger partial charge in [0.15, 0.2) is 0 Å². The molecule has 0 aliphatic carbocycles. The lowest BCUT2D eigenvalue weighted by atomic mass is 10.1. The molecule has 2 N–H and O–H groups in total. The lowest BCUT2D eigenvalue weighted by molar-refractivity contribution is 0.825. The van der Waals surface area contributed by atoms with Gasteiger partial charge in [0, 0.05) is 35.3 Å². The zero-order valence-electron chi connectivity index (χ0n) is 12.5. The second kappa shape index (κ2) is 6.34. The predicted molar refractivity (Wildman–Crippen MR) is 107 cm³/mol. The molecule has 0 aliphatic heterocycles. The maximum atomic E-state index is 6.09. The van der Waals surface area contributed by atoms with Crippen LogP contribution in [0.1, 0.15) is 18.5 Å². The average Bonchev–Trinajstić information content (AvgIpc) is 3.32. The summed E-state index contributed by atoms with van der Waals surface area (Å²) in [6, 6.07) is 15.4. The average molecular weight is 374 g/mol. The van der Waals surface area contributed by atoms with Gasteiger partial charge in [0.2, 0.25) is 0 Å². The second-order valence-electron chi connectivity index (χ2n) is 5.30. The van der Waals surface area contributed by atoms with Crippen molar-refractivity contribution in [1.29, 1.82) is 0 Å². The molecule has 0 saturated carbocycles. The van der Waals surface area contributed by atoms with Gasteiger partial charge in [-0.3, -0.25) is 0 Å². The molecule has 0 aromatic carbocycles. The third kappa shape index (κ3) is 2.95. The van der Waals surface area contributed by atoms with E-state index in [1.54, 1.807) is 22.7 Å². The van der Waals surface area contributed by atoms with Gasteiger partial charge in [-0.25, -0.2) is 0 Å². The van der Waals surface area contributed by atoms with Crippen LogP contribution >= 0.6 is 45.3 Å². The molecule has 0 bridgehead atoms. The molecule has 1 unspecified atom stereocenters. The Hall–Kier alpha value is -1.24. The fourth-order valence-electron chi connectivity index (χ4n) is 2.49. The summed E-state index contributed by atoms with van der Waals surface area (Å²) in [6.07, 6.45) is 0. The van der Waals surface area contributed by atoms with E-state index >= 15 is 0 Å². The molecule has 0 saturated heterocycles. The highest BCUT2D eigenvalue weighted by Gasteiger charge is 2.14. The van der Waals surface area contributed by atoms with Crippen LogP contribution in [-0.4, -0.2) is 0 Å². The Morgan fingerprint density at radius 2 is 1.39 bits per heavy atom. The van der Waals surface area contributed by atoms with Crippen molar-refractivity contribution in [2.75, 3.05) is 0 Å². The van der Waals surface area contributed by atoms with Gasteiger partial charge in [0.25, 0.3) is 0 Å². The summed E-state index contributed by atoms with van der Waals surface area (Å²) in [7, 11) is 0. The number of hydrogen-bond acceptors (Lipinski definition) is 5. The Kier molecular flexibility index (Phi) is 4.22. The minimum Gasteiger partial charge on any atom is -0.324 e. The topological polar surface area (TPSA) is 26.0 Å². The molecule has 4 aromatic rings. The summed E-state index contributed by atoms with van der Waals surface area (Å²) in [4.78, 5) is 7.98. The first-order valence-electron chi connectivity index (χ1n) is 7.29. The molecule has 116 valence electrons. The van der Waals surface area contributed by atoms with Gasteiger partial charge in [-0.1, -0.05) is 6.07 Å². The maximum Gasteiger partial charge on any atom is 0.0490 e. The molecule has 5 heteroatoms.